The molecule has 2 heterocycles. The fraction of sp³-hybridized carbons (Fsp3) is 0.500. The number of rotatable bonds is 3. The normalized spacial score (nSPS) is 22.9. The monoisotopic (exact) mass is 379 g/mol. The molecule has 2 aliphatic rings. The van der Waals surface area contributed by atoms with Gasteiger partial charge in [0.15, 0.2) is 0 Å². The molecule has 0 saturated carbocycles. The first-order chi connectivity index (χ1) is 12.3. The molecule has 1 N–H and O–H groups in total. The lowest BCUT2D eigenvalue weighted by atomic mass is 9.97. The van der Waals surface area contributed by atoms with Crippen molar-refractivity contribution in [2.24, 2.45) is 5.92 Å². The summed E-state index contributed by atoms with van der Waals surface area (Å²) < 4.78 is 5.32. The molecule has 0 radical (unpaired) electrons. The van der Waals surface area contributed by atoms with Gasteiger partial charge in [-0.1, -0.05) is 25.4 Å². The maximum Gasteiger partial charge on any atom is 0.415 e. The lowest BCUT2D eigenvalue weighted by Crippen LogP contribution is -2.69. The fourth-order valence-electron chi connectivity index (χ4n) is 3.27. The summed E-state index contributed by atoms with van der Waals surface area (Å²) in [7, 11) is 0. The number of hydrogen-bond donors (Lipinski definition) is 1. The highest BCUT2D eigenvalue weighted by atomic mass is 35.5. The Morgan fingerprint density at radius 3 is 2.62 bits per heavy atom. The molecule has 8 heteroatoms. The summed E-state index contributed by atoms with van der Waals surface area (Å²) in [5, 5.41) is 3.34. The third-order valence-electron chi connectivity index (χ3n) is 4.56. The van der Waals surface area contributed by atoms with Crippen molar-refractivity contribution >= 4 is 29.5 Å². The highest BCUT2D eigenvalue weighted by molar-refractivity contribution is 6.30. The molecule has 1 aromatic rings. The molecule has 0 aliphatic carbocycles. The molecule has 26 heavy (non-hydrogen) atoms. The smallest absolute Gasteiger partial charge is 0.410 e. The second-order valence-electron chi connectivity index (χ2n) is 7.01. The van der Waals surface area contributed by atoms with Gasteiger partial charge in [-0.15, -0.1) is 0 Å². The standard InChI is InChI=1S/C18H22ClN3O4/c1-11(2)9-14-17(24)22-8-7-21(10-15(22)16(23)20-14)18(25)26-13-5-3-12(19)4-6-13/h3-6,11,14-15H,7-10H2,1-2H3,(H,20,23)/t14-,15-/m1/s1. The van der Waals surface area contributed by atoms with E-state index in [4.69, 9.17) is 16.3 Å². The van der Waals surface area contributed by atoms with Crippen molar-refractivity contribution in [3.8, 4) is 5.75 Å². The molecule has 0 unspecified atom stereocenters. The number of nitrogens with zero attached hydrogens (tertiary/aromatic N) is 2. The predicted octanol–water partition coefficient (Wildman–Crippen LogP) is 1.90. The first kappa shape index (κ1) is 18.5. The Kier molecular flexibility index (Phi) is 5.36. The van der Waals surface area contributed by atoms with Crippen LogP contribution in [0.3, 0.4) is 0 Å². The van der Waals surface area contributed by atoms with E-state index in [9.17, 15) is 14.4 Å². The summed E-state index contributed by atoms with van der Waals surface area (Å²) in [5.41, 5.74) is 0. The highest BCUT2D eigenvalue weighted by Crippen LogP contribution is 2.21. The van der Waals surface area contributed by atoms with Gasteiger partial charge in [-0.25, -0.2) is 4.79 Å². The Labute approximate surface area is 157 Å². The van der Waals surface area contributed by atoms with Crippen LogP contribution in [0.1, 0.15) is 20.3 Å². The molecule has 0 spiro atoms. The molecule has 3 amide bonds. The molecule has 0 aromatic heterocycles. The van der Waals surface area contributed by atoms with Crippen LogP contribution >= 0.6 is 11.6 Å². The first-order valence-electron chi connectivity index (χ1n) is 8.68. The Morgan fingerprint density at radius 2 is 1.96 bits per heavy atom. The van der Waals surface area contributed by atoms with E-state index in [1.54, 1.807) is 29.2 Å². The van der Waals surface area contributed by atoms with E-state index in [1.807, 2.05) is 13.8 Å². The SMILES string of the molecule is CC(C)C[C@H]1NC(=O)[C@H]2CN(C(=O)Oc3ccc(Cl)cc3)CCN2C1=O. The number of hydrogen-bond acceptors (Lipinski definition) is 4. The number of nitrogens with one attached hydrogen (secondary N) is 1. The topological polar surface area (TPSA) is 79.0 Å². The van der Waals surface area contributed by atoms with Gasteiger partial charge >= 0.3 is 6.09 Å². The summed E-state index contributed by atoms with van der Waals surface area (Å²) in [6.07, 6.45) is 0.0624. The quantitative estimate of drug-likeness (QED) is 0.869. The summed E-state index contributed by atoms with van der Waals surface area (Å²) >= 11 is 5.81. The Balaban J connectivity index is 1.64. The van der Waals surface area contributed by atoms with Gasteiger partial charge in [-0.05, 0) is 36.6 Å². The molecule has 2 saturated heterocycles. The van der Waals surface area contributed by atoms with Crippen LogP contribution in [0.25, 0.3) is 0 Å². The molecule has 3 rings (SSSR count). The third kappa shape index (κ3) is 3.93. The number of piperazine rings is 2. The maximum absolute atomic E-state index is 12.6. The van der Waals surface area contributed by atoms with E-state index in [1.165, 1.54) is 4.90 Å². The lowest BCUT2D eigenvalue weighted by molar-refractivity contribution is -0.152. The fourth-order valence-corrected chi connectivity index (χ4v) is 3.39. The van der Waals surface area contributed by atoms with Crippen molar-refractivity contribution in [3.05, 3.63) is 29.3 Å². The van der Waals surface area contributed by atoms with Gasteiger partial charge in [0.05, 0.1) is 6.54 Å². The second-order valence-corrected chi connectivity index (χ2v) is 7.44. The summed E-state index contributed by atoms with van der Waals surface area (Å²) in [4.78, 5) is 40.4. The van der Waals surface area contributed by atoms with Gasteiger partial charge in [0.1, 0.15) is 17.8 Å². The molecule has 1 aromatic carbocycles. The van der Waals surface area contributed by atoms with Crippen LogP contribution in [0.5, 0.6) is 5.75 Å². The van der Waals surface area contributed by atoms with Crippen molar-refractivity contribution in [1.29, 1.82) is 0 Å². The van der Waals surface area contributed by atoms with Gasteiger partial charge in [-0.3, -0.25) is 9.59 Å². The van der Waals surface area contributed by atoms with Crippen LogP contribution in [-0.2, 0) is 9.59 Å². The van der Waals surface area contributed by atoms with Crippen molar-refractivity contribution in [2.45, 2.75) is 32.4 Å². The zero-order valence-corrected chi connectivity index (χ0v) is 15.5. The predicted molar refractivity (Wildman–Crippen MR) is 95.9 cm³/mol. The summed E-state index contributed by atoms with van der Waals surface area (Å²) in [5.74, 6) is 0.382. The van der Waals surface area contributed by atoms with E-state index < -0.39 is 18.2 Å². The number of fused-ring (bicyclic) bond motifs is 1. The second kappa shape index (κ2) is 7.53. The molecule has 2 aliphatic heterocycles. The molecule has 0 bridgehead atoms. The number of benzene rings is 1. The average molecular weight is 380 g/mol. The minimum atomic E-state index is -0.669. The molecule has 7 nitrogen and oxygen atoms in total. The van der Waals surface area contributed by atoms with E-state index >= 15 is 0 Å². The molecular formula is C18H22ClN3O4. The highest BCUT2D eigenvalue weighted by Gasteiger charge is 2.44. The van der Waals surface area contributed by atoms with Crippen LogP contribution in [-0.4, -0.2) is 59.4 Å². The molecular weight excluding hydrogens is 358 g/mol. The van der Waals surface area contributed by atoms with Gasteiger partial charge in [0, 0.05) is 18.1 Å². The number of ether oxygens (including phenoxy) is 1. The number of halogens is 1. The van der Waals surface area contributed by atoms with Crippen molar-refractivity contribution in [1.82, 2.24) is 15.1 Å². The Hall–Kier alpha value is -2.28. The minimum Gasteiger partial charge on any atom is -0.410 e. The van der Waals surface area contributed by atoms with Crippen LogP contribution in [0.15, 0.2) is 24.3 Å². The Morgan fingerprint density at radius 1 is 1.27 bits per heavy atom. The first-order valence-corrected chi connectivity index (χ1v) is 9.06. The molecule has 2 atom stereocenters. The zero-order chi connectivity index (χ0) is 18.8. The van der Waals surface area contributed by atoms with E-state index in [0.717, 1.165) is 0 Å². The lowest BCUT2D eigenvalue weighted by Gasteiger charge is -2.45. The van der Waals surface area contributed by atoms with E-state index in [2.05, 4.69) is 5.32 Å². The largest absolute Gasteiger partial charge is 0.415 e. The van der Waals surface area contributed by atoms with Gasteiger partial charge in [0.25, 0.3) is 0 Å². The maximum atomic E-state index is 12.6. The van der Waals surface area contributed by atoms with Crippen LogP contribution in [0.4, 0.5) is 4.79 Å². The number of amides is 3. The summed E-state index contributed by atoms with van der Waals surface area (Å²) in [6.45, 7) is 4.79. The van der Waals surface area contributed by atoms with Crippen molar-refractivity contribution in [3.63, 3.8) is 0 Å². The van der Waals surface area contributed by atoms with Crippen molar-refractivity contribution in [2.75, 3.05) is 19.6 Å². The van der Waals surface area contributed by atoms with E-state index in [-0.39, 0.29) is 18.4 Å². The van der Waals surface area contributed by atoms with Crippen molar-refractivity contribution < 1.29 is 19.1 Å². The molecule has 140 valence electrons. The van der Waals surface area contributed by atoms with Crippen LogP contribution < -0.4 is 10.1 Å². The van der Waals surface area contributed by atoms with Gasteiger partial charge in [0.2, 0.25) is 11.8 Å². The molecule has 2 fully saturated rings. The zero-order valence-electron chi connectivity index (χ0n) is 14.8. The van der Waals surface area contributed by atoms with Crippen LogP contribution in [0, 0.1) is 5.92 Å². The van der Waals surface area contributed by atoms with E-state index in [0.29, 0.717) is 36.2 Å². The number of carbonyl (C=O) groups is 3. The van der Waals surface area contributed by atoms with Gasteiger partial charge < -0.3 is 19.9 Å². The van der Waals surface area contributed by atoms with Crippen LogP contribution in [0.2, 0.25) is 5.02 Å². The Bertz CT molecular complexity index is 707. The average Bonchev–Trinajstić information content (AvgIpc) is 2.60. The third-order valence-corrected chi connectivity index (χ3v) is 4.82. The number of carbonyl (C=O) groups excluding carboxylic acids is 3. The summed E-state index contributed by atoms with van der Waals surface area (Å²) in [6, 6.07) is 5.31. The minimum absolute atomic E-state index is 0.0750. The van der Waals surface area contributed by atoms with Gasteiger partial charge in [-0.2, -0.15) is 0 Å².